The summed E-state index contributed by atoms with van der Waals surface area (Å²) in [5.41, 5.74) is -0.128. The molecule has 124 valence electrons. The first-order valence-electron chi connectivity index (χ1n) is 7.66. The van der Waals surface area contributed by atoms with Crippen molar-refractivity contribution >= 4 is 17.6 Å². The fourth-order valence-corrected chi connectivity index (χ4v) is 2.93. The van der Waals surface area contributed by atoms with Gasteiger partial charge in [0.25, 0.3) is 11.6 Å². The van der Waals surface area contributed by atoms with E-state index >= 15 is 0 Å². The summed E-state index contributed by atoms with van der Waals surface area (Å²) in [6.45, 7) is 2.65. The molecule has 0 aliphatic carbocycles. The van der Waals surface area contributed by atoms with E-state index in [2.05, 4.69) is 4.74 Å². The molecule has 1 amide bonds. The number of nitrogens with zero attached hydrogens (tertiary/aromatic N) is 2. The van der Waals surface area contributed by atoms with Crippen LogP contribution in [0.3, 0.4) is 0 Å². The van der Waals surface area contributed by atoms with Crippen LogP contribution in [0.4, 0.5) is 5.69 Å². The van der Waals surface area contributed by atoms with Gasteiger partial charge in [0.15, 0.2) is 0 Å². The Hall–Kier alpha value is -2.44. The summed E-state index contributed by atoms with van der Waals surface area (Å²) in [7, 11) is 1.19. The summed E-state index contributed by atoms with van der Waals surface area (Å²) in [5, 5.41) is 11.1. The standard InChI is InChI=1S/C16H20N2O5/c1-3-13-6-4-5-7-17(13)15(19)11-8-12(16(20)23-2)10-14(9-11)18(21)22/h8-10,13H,3-7H2,1-2H3. The average Bonchev–Trinajstić information content (AvgIpc) is 2.59. The third-order valence-electron chi connectivity index (χ3n) is 4.16. The van der Waals surface area contributed by atoms with E-state index in [0.29, 0.717) is 6.54 Å². The van der Waals surface area contributed by atoms with Gasteiger partial charge in [0.05, 0.1) is 17.6 Å². The van der Waals surface area contributed by atoms with Gasteiger partial charge in [0, 0.05) is 30.3 Å². The number of rotatable bonds is 4. The maximum atomic E-state index is 12.8. The van der Waals surface area contributed by atoms with Crippen molar-refractivity contribution in [1.29, 1.82) is 0 Å². The van der Waals surface area contributed by atoms with Crippen molar-refractivity contribution < 1.29 is 19.2 Å². The van der Waals surface area contributed by atoms with E-state index in [1.807, 2.05) is 6.92 Å². The highest BCUT2D eigenvalue weighted by Crippen LogP contribution is 2.24. The fraction of sp³-hybridized carbons (Fsp3) is 0.500. The second kappa shape index (κ2) is 7.21. The molecule has 0 spiro atoms. The summed E-state index contributed by atoms with van der Waals surface area (Å²) in [4.78, 5) is 36.7. The average molecular weight is 320 g/mol. The molecule has 1 aliphatic rings. The number of benzene rings is 1. The predicted molar refractivity (Wildman–Crippen MR) is 83.4 cm³/mol. The first kappa shape index (κ1) is 16.9. The summed E-state index contributed by atoms with van der Waals surface area (Å²) in [6.07, 6.45) is 3.76. The monoisotopic (exact) mass is 320 g/mol. The third kappa shape index (κ3) is 3.67. The van der Waals surface area contributed by atoms with E-state index in [-0.39, 0.29) is 28.8 Å². The van der Waals surface area contributed by atoms with Crippen molar-refractivity contribution in [3.05, 3.63) is 39.4 Å². The van der Waals surface area contributed by atoms with Gasteiger partial charge in [-0.1, -0.05) is 6.92 Å². The molecule has 0 radical (unpaired) electrons. The third-order valence-corrected chi connectivity index (χ3v) is 4.16. The maximum absolute atomic E-state index is 12.8. The van der Waals surface area contributed by atoms with Gasteiger partial charge in [-0.3, -0.25) is 14.9 Å². The zero-order valence-corrected chi connectivity index (χ0v) is 13.3. The van der Waals surface area contributed by atoms with Gasteiger partial charge in [-0.05, 0) is 31.7 Å². The SMILES string of the molecule is CCC1CCCCN1C(=O)c1cc(C(=O)OC)cc([N+](=O)[O-])c1. The Balaban J connectivity index is 2.40. The number of esters is 1. The number of nitro groups is 1. The molecule has 7 heteroatoms. The number of hydrogen-bond donors (Lipinski definition) is 0. The molecule has 0 saturated carbocycles. The Morgan fingerprint density at radius 1 is 1.30 bits per heavy atom. The highest BCUT2D eigenvalue weighted by molar-refractivity contribution is 5.99. The van der Waals surface area contributed by atoms with E-state index in [4.69, 9.17) is 0 Å². The highest BCUT2D eigenvalue weighted by Gasteiger charge is 2.28. The molecule has 1 aromatic carbocycles. The van der Waals surface area contributed by atoms with Crippen LogP contribution in [0.5, 0.6) is 0 Å². The lowest BCUT2D eigenvalue weighted by Crippen LogP contribution is -2.43. The van der Waals surface area contributed by atoms with Crippen molar-refractivity contribution in [1.82, 2.24) is 4.90 Å². The first-order chi connectivity index (χ1) is 11.0. The van der Waals surface area contributed by atoms with Crippen molar-refractivity contribution in [3.8, 4) is 0 Å². The summed E-state index contributed by atoms with van der Waals surface area (Å²) in [6, 6.07) is 3.84. The molecule has 0 bridgehead atoms. The Labute approximate surface area is 134 Å². The lowest BCUT2D eigenvalue weighted by molar-refractivity contribution is -0.384. The maximum Gasteiger partial charge on any atom is 0.338 e. The number of methoxy groups -OCH3 is 1. The summed E-state index contributed by atoms with van der Waals surface area (Å²) < 4.78 is 4.61. The van der Waals surface area contributed by atoms with Gasteiger partial charge in [-0.25, -0.2) is 4.79 Å². The molecule has 1 saturated heterocycles. The van der Waals surface area contributed by atoms with Crippen LogP contribution in [0.15, 0.2) is 18.2 Å². The van der Waals surface area contributed by atoms with E-state index in [9.17, 15) is 19.7 Å². The molecule has 1 heterocycles. The Bertz CT molecular complexity index is 629. The van der Waals surface area contributed by atoms with Crippen LogP contribution < -0.4 is 0 Å². The number of hydrogen-bond acceptors (Lipinski definition) is 5. The first-order valence-corrected chi connectivity index (χ1v) is 7.66. The van der Waals surface area contributed by atoms with Gasteiger partial charge in [-0.15, -0.1) is 0 Å². The minimum absolute atomic E-state index is 0.00936. The van der Waals surface area contributed by atoms with E-state index in [1.165, 1.54) is 19.2 Å². The molecule has 23 heavy (non-hydrogen) atoms. The second-order valence-electron chi connectivity index (χ2n) is 5.57. The van der Waals surface area contributed by atoms with Crippen LogP contribution in [0, 0.1) is 10.1 Å². The quantitative estimate of drug-likeness (QED) is 0.483. The van der Waals surface area contributed by atoms with E-state index < -0.39 is 10.9 Å². The minimum Gasteiger partial charge on any atom is -0.465 e. The van der Waals surface area contributed by atoms with E-state index in [0.717, 1.165) is 31.7 Å². The van der Waals surface area contributed by atoms with Gasteiger partial charge in [0.1, 0.15) is 0 Å². The van der Waals surface area contributed by atoms with Gasteiger partial charge >= 0.3 is 5.97 Å². The van der Waals surface area contributed by atoms with Crippen LogP contribution in [0.2, 0.25) is 0 Å². The molecular weight excluding hydrogens is 300 g/mol. The van der Waals surface area contributed by atoms with Crippen molar-refractivity contribution in [2.45, 2.75) is 38.6 Å². The second-order valence-corrected chi connectivity index (χ2v) is 5.57. The Morgan fingerprint density at radius 3 is 2.61 bits per heavy atom. The van der Waals surface area contributed by atoms with Gasteiger partial charge < -0.3 is 9.64 Å². The molecule has 0 N–H and O–H groups in total. The van der Waals surface area contributed by atoms with Gasteiger partial charge in [0.2, 0.25) is 0 Å². The number of ether oxygens (including phenoxy) is 1. The number of amides is 1. The number of carbonyl (C=O) groups is 2. The Morgan fingerprint density at radius 2 is 2.00 bits per heavy atom. The summed E-state index contributed by atoms with van der Waals surface area (Å²) >= 11 is 0. The number of piperidine rings is 1. The molecule has 1 fully saturated rings. The molecule has 0 aromatic heterocycles. The van der Waals surface area contributed by atoms with Crippen molar-refractivity contribution in [2.24, 2.45) is 0 Å². The molecule has 1 atom stereocenters. The van der Waals surface area contributed by atoms with Crippen molar-refractivity contribution in [3.63, 3.8) is 0 Å². The summed E-state index contributed by atoms with van der Waals surface area (Å²) in [5.74, 6) is -0.973. The van der Waals surface area contributed by atoms with Gasteiger partial charge in [-0.2, -0.15) is 0 Å². The van der Waals surface area contributed by atoms with Crippen LogP contribution in [0.1, 0.15) is 53.3 Å². The molecule has 7 nitrogen and oxygen atoms in total. The van der Waals surface area contributed by atoms with Crippen LogP contribution in [-0.2, 0) is 4.74 Å². The zero-order chi connectivity index (χ0) is 17.0. The molecule has 1 aromatic rings. The topological polar surface area (TPSA) is 89.8 Å². The van der Waals surface area contributed by atoms with Crippen molar-refractivity contribution in [2.75, 3.05) is 13.7 Å². The van der Waals surface area contributed by atoms with E-state index in [1.54, 1.807) is 4.90 Å². The molecule has 1 aliphatic heterocycles. The number of non-ortho nitro benzene ring substituents is 1. The lowest BCUT2D eigenvalue weighted by atomic mass is 9.98. The number of nitro benzene ring substituents is 1. The zero-order valence-electron chi connectivity index (χ0n) is 13.3. The Kier molecular flexibility index (Phi) is 5.31. The predicted octanol–water partition coefficient (Wildman–Crippen LogP) is 2.79. The normalized spacial score (nSPS) is 17.7. The van der Waals surface area contributed by atoms with Crippen LogP contribution in [0.25, 0.3) is 0 Å². The molecular formula is C16H20N2O5. The lowest BCUT2D eigenvalue weighted by Gasteiger charge is -2.35. The largest absolute Gasteiger partial charge is 0.465 e. The fourth-order valence-electron chi connectivity index (χ4n) is 2.93. The smallest absolute Gasteiger partial charge is 0.338 e. The molecule has 2 rings (SSSR count). The van der Waals surface area contributed by atoms with Crippen LogP contribution in [-0.4, -0.2) is 41.4 Å². The number of likely N-dealkylation sites (tertiary alicyclic amines) is 1. The number of carbonyl (C=O) groups excluding carboxylic acids is 2. The molecule has 1 unspecified atom stereocenters. The minimum atomic E-state index is -0.701. The highest BCUT2D eigenvalue weighted by atomic mass is 16.6. The van der Waals surface area contributed by atoms with Crippen LogP contribution >= 0.6 is 0 Å².